The molecule has 1 heterocycles. The molecule has 0 unspecified atom stereocenters. The summed E-state index contributed by atoms with van der Waals surface area (Å²) in [5.74, 6) is 0. The third kappa shape index (κ3) is 7.27. The summed E-state index contributed by atoms with van der Waals surface area (Å²) in [4.78, 5) is 33.1. The van der Waals surface area contributed by atoms with Gasteiger partial charge in [-0.2, -0.15) is 0 Å². The van der Waals surface area contributed by atoms with Crippen LogP contribution >= 0.6 is 11.6 Å². The van der Waals surface area contributed by atoms with Crippen molar-refractivity contribution in [3.05, 3.63) is 23.2 Å². The fourth-order valence-corrected chi connectivity index (χ4v) is 1.54. The van der Waals surface area contributed by atoms with Crippen LogP contribution in [0.3, 0.4) is 0 Å². The number of hydrogen-bond acceptors (Lipinski definition) is 6. The lowest BCUT2D eigenvalue weighted by Crippen LogP contribution is -2.43. The molecule has 0 spiro atoms. The predicted molar refractivity (Wildman–Crippen MR) is 85.1 cm³/mol. The molecule has 0 aliphatic heterocycles. The first-order valence-corrected chi connectivity index (χ1v) is 7.45. The number of imide groups is 1. The zero-order chi connectivity index (χ0) is 17.8. The summed E-state index contributed by atoms with van der Waals surface area (Å²) in [5, 5.41) is 0.0786. The van der Waals surface area contributed by atoms with Gasteiger partial charge >= 0.3 is 12.2 Å². The monoisotopic (exact) mass is 343 g/mol. The first-order chi connectivity index (χ1) is 10.4. The van der Waals surface area contributed by atoms with E-state index >= 15 is 0 Å². The van der Waals surface area contributed by atoms with Gasteiger partial charge in [0.1, 0.15) is 11.2 Å². The average Bonchev–Trinajstić information content (AvgIpc) is 2.33. The van der Waals surface area contributed by atoms with Gasteiger partial charge < -0.3 is 9.47 Å². The molecule has 0 aliphatic rings. The minimum Gasteiger partial charge on any atom is -0.443 e. The van der Waals surface area contributed by atoms with Crippen molar-refractivity contribution in [2.24, 2.45) is 0 Å². The maximum absolute atomic E-state index is 12.3. The Morgan fingerprint density at radius 2 is 1.39 bits per heavy atom. The van der Waals surface area contributed by atoms with Gasteiger partial charge in [0.2, 0.25) is 5.28 Å². The van der Waals surface area contributed by atoms with Gasteiger partial charge in [-0.25, -0.2) is 24.5 Å². The molecule has 0 atom stereocenters. The van der Waals surface area contributed by atoms with E-state index in [2.05, 4.69) is 9.97 Å². The van der Waals surface area contributed by atoms with E-state index in [0.29, 0.717) is 5.56 Å². The summed E-state index contributed by atoms with van der Waals surface area (Å²) < 4.78 is 10.5. The highest BCUT2D eigenvalue weighted by atomic mass is 35.5. The third-order valence-electron chi connectivity index (χ3n) is 2.24. The number of nitrogens with zero attached hydrogens (tertiary/aromatic N) is 3. The number of hydrogen-bond donors (Lipinski definition) is 0. The van der Waals surface area contributed by atoms with Crippen LogP contribution in [0.2, 0.25) is 5.28 Å². The van der Waals surface area contributed by atoms with E-state index in [-0.39, 0.29) is 11.8 Å². The average molecular weight is 344 g/mol. The number of halogens is 1. The van der Waals surface area contributed by atoms with Gasteiger partial charge in [0.25, 0.3) is 0 Å². The van der Waals surface area contributed by atoms with Gasteiger partial charge in [0, 0.05) is 18.0 Å². The second-order valence-corrected chi connectivity index (χ2v) is 7.25. The van der Waals surface area contributed by atoms with Crippen molar-refractivity contribution in [2.45, 2.75) is 59.3 Å². The fraction of sp³-hybridized carbons (Fsp3) is 0.600. The molecule has 0 aromatic carbocycles. The minimum atomic E-state index is -0.804. The summed E-state index contributed by atoms with van der Waals surface area (Å²) in [6.45, 7) is 10.2. The number of amides is 2. The summed E-state index contributed by atoms with van der Waals surface area (Å²) in [6.07, 6.45) is 1.25. The van der Waals surface area contributed by atoms with Crippen molar-refractivity contribution in [1.29, 1.82) is 0 Å². The molecule has 2 amide bonds. The molecule has 1 aromatic heterocycles. The number of aromatic nitrogens is 2. The minimum absolute atomic E-state index is 0.0786. The molecule has 1 aromatic rings. The molecule has 23 heavy (non-hydrogen) atoms. The molecule has 8 heteroatoms. The molecule has 0 fully saturated rings. The zero-order valence-corrected chi connectivity index (χ0v) is 15.0. The van der Waals surface area contributed by atoms with Crippen LogP contribution < -0.4 is 0 Å². The first kappa shape index (κ1) is 19.2. The SMILES string of the molecule is CC(C)(C)OC(=O)N(Cc1cnc(Cl)nc1)C(=O)OC(C)(C)C. The Morgan fingerprint density at radius 3 is 1.74 bits per heavy atom. The van der Waals surface area contributed by atoms with Crippen LogP contribution in [0.15, 0.2) is 12.4 Å². The smallest absolute Gasteiger partial charge is 0.420 e. The van der Waals surface area contributed by atoms with Crippen LogP contribution in [-0.4, -0.2) is 38.3 Å². The maximum Gasteiger partial charge on any atom is 0.420 e. The van der Waals surface area contributed by atoms with Crippen LogP contribution in [0.25, 0.3) is 0 Å². The summed E-state index contributed by atoms with van der Waals surface area (Å²) >= 11 is 5.63. The van der Waals surface area contributed by atoms with E-state index in [4.69, 9.17) is 21.1 Å². The van der Waals surface area contributed by atoms with Crippen molar-refractivity contribution in [1.82, 2.24) is 14.9 Å². The largest absolute Gasteiger partial charge is 0.443 e. The first-order valence-electron chi connectivity index (χ1n) is 7.07. The highest BCUT2D eigenvalue weighted by Crippen LogP contribution is 2.16. The van der Waals surface area contributed by atoms with Crippen molar-refractivity contribution in [3.8, 4) is 0 Å². The molecular weight excluding hydrogens is 322 g/mol. The van der Waals surface area contributed by atoms with Crippen molar-refractivity contribution in [2.75, 3.05) is 0 Å². The van der Waals surface area contributed by atoms with E-state index in [0.717, 1.165) is 4.90 Å². The lowest BCUT2D eigenvalue weighted by atomic mass is 10.2. The standard InChI is InChI=1S/C15H22ClN3O4/c1-14(2,3)22-12(20)19(13(21)23-15(4,5)6)9-10-7-17-11(16)18-8-10/h7-8H,9H2,1-6H3. The van der Waals surface area contributed by atoms with E-state index in [1.807, 2.05) is 0 Å². The zero-order valence-electron chi connectivity index (χ0n) is 14.2. The molecular formula is C15H22ClN3O4. The number of rotatable bonds is 2. The fourth-order valence-electron chi connectivity index (χ4n) is 1.44. The number of carbonyl (C=O) groups is 2. The Hall–Kier alpha value is -1.89. The molecule has 128 valence electrons. The van der Waals surface area contributed by atoms with E-state index in [1.165, 1.54) is 12.4 Å². The summed E-state index contributed by atoms with van der Waals surface area (Å²) in [7, 11) is 0. The van der Waals surface area contributed by atoms with Gasteiger partial charge in [0.15, 0.2) is 0 Å². The quantitative estimate of drug-likeness (QED) is 0.759. The van der Waals surface area contributed by atoms with Crippen LogP contribution in [0.4, 0.5) is 9.59 Å². The highest BCUT2D eigenvalue weighted by molar-refractivity contribution is 6.28. The Kier molecular flexibility index (Phi) is 5.93. The van der Waals surface area contributed by atoms with Crippen LogP contribution in [0, 0.1) is 0 Å². The third-order valence-corrected chi connectivity index (χ3v) is 2.44. The summed E-state index contributed by atoms with van der Waals surface area (Å²) in [5.41, 5.74) is -0.965. The van der Waals surface area contributed by atoms with Crippen molar-refractivity contribution in [3.63, 3.8) is 0 Å². The Balaban J connectivity index is 2.98. The van der Waals surface area contributed by atoms with E-state index < -0.39 is 23.4 Å². The molecule has 0 radical (unpaired) electrons. The molecule has 0 bridgehead atoms. The Labute approximate surface area is 140 Å². The predicted octanol–water partition coefficient (Wildman–Crippen LogP) is 3.80. The Morgan fingerprint density at radius 1 is 1.00 bits per heavy atom. The lowest BCUT2D eigenvalue weighted by molar-refractivity contribution is -0.000270. The van der Waals surface area contributed by atoms with Gasteiger partial charge in [-0.15, -0.1) is 0 Å². The number of carbonyl (C=O) groups excluding carboxylic acids is 2. The van der Waals surface area contributed by atoms with Gasteiger partial charge in [-0.3, -0.25) is 0 Å². The van der Waals surface area contributed by atoms with E-state index in [1.54, 1.807) is 41.5 Å². The van der Waals surface area contributed by atoms with Gasteiger partial charge in [0.05, 0.1) is 6.54 Å². The van der Waals surface area contributed by atoms with Crippen LogP contribution in [0.5, 0.6) is 0 Å². The van der Waals surface area contributed by atoms with Gasteiger partial charge in [-0.05, 0) is 53.1 Å². The van der Waals surface area contributed by atoms with E-state index in [9.17, 15) is 9.59 Å². The molecule has 0 saturated carbocycles. The topological polar surface area (TPSA) is 81.6 Å². The normalized spacial score (nSPS) is 11.8. The highest BCUT2D eigenvalue weighted by Gasteiger charge is 2.31. The summed E-state index contributed by atoms with van der Waals surface area (Å²) in [6, 6.07) is 0. The molecule has 7 nitrogen and oxygen atoms in total. The number of ether oxygens (including phenoxy) is 2. The van der Waals surface area contributed by atoms with Gasteiger partial charge in [-0.1, -0.05) is 0 Å². The lowest BCUT2D eigenvalue weighted by Gasteiger charge is -2.28. The molecule has 1 rings (SSSR count). The van der Waals surface area contributed by atoms with Crippen molar-refractivity contribution >= 4 is 23.8 Å². The molecule has 0 N–H and O–H groups in total. The van der Waals surface area contributed by atoms with Crippen molar-refractivity contribution < 1.29 is 19.1 Å². The maximum atomic E-state index is 12.3. The molecule has 0 aliphatic carbocycles. The Bertz CT molecular complexity index is 534. The van der Waals surface area contributed by atoms with Crippen LogP contribution in [-0.2, 0) is 16.0 Å². The second kappa shape index (κ2) is 7.12. The second-order valence-electron chi connectivity index (χ2n) is 6.91. The molecule has 0 saturated heterocycles. The van der Waals surface area contributed by atoms with Crippen LogP contribution in [0.1, 0.15) is 47.1 Å².